The predicted octanol–water partition coefficient (Wildman–Crippen LogP) is 0.359. The number of carbonyl (C=O) groups is 8. The highest BCUT2D eigenvalue weighted by Gasteiger charge is 2.41. The fraction of sp³-hybridized carbons (Fsp3) is 0.585. The number of aldehydes is 1. The summed E-state index contributed by atoms with van der Waals surface area (Å²) in [6.07, 6.45) is 4.46. The van der Waals surface area contributed by atoms with E-state index in [0.717, 1.165) is 5.56 Å². The van der Waals surface area contributed by atoms with Crippen LogP contribution in [0.3, 0.4) is 0 Å². The first-order valence-corrected chi connectivity index (χ1v) is 20.2. The van der Waals surface area contributed by atoms with Gasteiger partial charge in [-0.3, -0.25) is 33.6 Å². The van der Waals surface area contributed by atoms with Crippen LogP contribution in [-0.2, 0) is 51.2 Å². The van der Waals surface area contributed by atoms with Gasteiger partial charge in [0.05, 0.1) is 24.8 Å². The molecule has 0 saturated carbocycles. The molecule has 9 N–H and O–H groups in total. The van der Waals surface area contributed by atoms with Gasteiger partial charge < -0.3 is 52.1 Å². The van der Waals surface area contributed by atoms with Gasteiger partial charge in [-0.25, -0.2) is 4.98 Å². The summed E-state index contributed by atoms with van der Waals surface area (Å²) in [5.41, 5.74) is 7.57. The average Bonchev–Trinajstić information content (AvgIpc) is 3.90. The summed E-state index contributed by atoms with van der Waals surface area (Å²) in [6.45, 7) is 10.9. The topological polar surface area (TPSA) is 275 Å². The smallest absolute Gasteiger partial charge is 0.305 e. The Morgan fingerprint density at radius 1 is 0.881 bits per heavy atom. The van der Waals surface area contributed by atoms with Gasteiger partial charge in [0.1, 0.15) is 36.5 Å². The number of carboxylic acid groups (broad SMARTS) is 1. The fourth-order valence-corrected chi connectivity index (χ4v) is 6.85. The number of aromatic nitrogens is 2. The van der Waals surface area contributed by atoms with Crippen molar-refractivity contribution >= 4 is 47.7 Å². The molecular formula is C41H61N9O9. The maximum absolute atomic E-state index is 14.2. The van der Waals surface area contributed by atoms with Gasteiger partial charge in [-0.05, 0) is 42.6 Å². The third kappa shape index (κ3) is 14.6. The van der Waals surface area contributed by atoms with Gasteiger partial charge in [0, 0.05) is 31.3 Å². The van der Waals surface area contributed by atoms with Crippen molar-refractivity contribution in [3.63, 3.8) is 0 Å². The summed E-state index contributed by atoms with van der Waals surface area (Å²) in [6, 6.07) is 1.16. The monoisotopic (exact) mass is 823 g/mol. The number of benzene rings is 1. The molecule has 2 aromatic rings. The zero-order chi connectivity index (χ0) is 43.8. The number of amides is 6. The molecule has 59 heavy (non-hydrogen) atoms. The number of nitrogens with two attached hydrogens (primary N) is 1. The Morgan fingerprint density at radius 3 is 2.12 bits per heavy atom. The van der Waals surface area contributed by atoms with E-state index in [1.54, 1.807) is 51.2 Å². The lowest BCUT2D eigenvalue weighted by molar-refractivity contribution is -0.144. The molecular weight excluding hydrogens is 763 g/mol. The first-order valence-electron chi connectivity index (χ1n) is 20.2. The van der Waals surface area contributed by atoms with E-state index in [1.165, 1.54) is 11.2 Å². The maximum Gasteiger partial charge on any atom is 0.305 e. The van der Waals surface area contributed by atoms with Crippen LogP contribution in [0.1, 0.15) is 84.9 Å². The Bertz CT molecular complexity index is 1740. The largest absolute Gasteiger partial charge is 0.481 e. The number of rotatable bonds is 23. The van der Waals surface area contributed by atoms with E-state index in [4.69, 9.17) is 5.73 Å². The number of imidazole rings is 1. The van der Waals surface area contributed by atoms with E-state index in [-0.39, 0.29) is 31.7 Å². The van der Waals surface area contributed by atoms with Crippen LogP contribution < -0.4 is 32.3 Å². The SMILES string of the molecule is CC[C@H](C)[C@H](NC(=O)[C@H](Cc1ccccc1)NC(=O)[C@@H](N)Cc1cnc[nH]1)C(=O)N[C@H](C(=O)N1CCC[C@H]1C(=O)N[C@@H](CC(=O)O)C(=O)N[C@H](C=O)CC(C)C)C(C)C. The van der Waals surface area contributed by atoms with Crippen LogP contribution in [0.4, 0.5) is 0 Å². The first kappa shape index (κ1) is 47.7. The van der Waals surface area contributed by atoms with Gasteiger partial charge in [0.2, 0.25) is 35.4 Å². The number of aromatic amines is 1. The molecule has 1 aromatic carbocycles. The van der Waals surface area contributed by atoms with Crippen LogP contribution in [0.5, 0.6) is 0 Å². The first-order chi connectivity index (χ1) is 27.9. The molecule has 18 heteroatoms. The molecule has 0 unspecified atom stereocenters. The zero-order valence-electron chi connectivity index (χ0n) is 34.7. The molecule has 2 heterocycles. The molecule has 324 valence electrons. The van der Waals surface area contributed by atoms with E-state index in [2.05, 4.69) is 36.6 Å². The summed E-state index contributed by atoms with van der Waals surface area (Å²) in [7, 11) is 0. The van der Waals surface area contributed by atoms with Gasteiger partial charge in [-0.15, -0.1) is 0 Å². The second kappa shape index (κ2) is 23.1. The Morgan fingerprint density at radius 2 is 1.54 bits per heavy atom. The minimum Gasteiger partial charge on any atom is -0.481 e. The normalized spacial score (nSPS) is 17.4. The van der Waals surface area contributed by atoms with Gasteiger partial charge >= 0.3 is 5.97 Å². The summed E-state index contributed by atoms with van der Waals surface area (Å²) in [5, 5.41) is 22.8. The number of hydrogen-bond acceptors (Lipinski definition) is 10. The molecule has 0 bridgehead atoms. The summed E-state index contributed by atoms with van der Waals surface area (Å²) < 4.78 is 0. The number of carbonyl (C=O) groups excluding carboxylic acids is 7. The second-order valence-electron chi connectivity index (χ2n) is 16.0. The predicted molar refractivity (Wildman–Crippen MR) is 217 cm³/mol. The van der Waals surface area contributed by atoms with Crippen molar-refractivity contribution in [3.05, 3.63) is 54.1 Å². The van der Waals surface area contributed by atoms with Crippen molar-refractivity contribution in [2.75, 3.05) is 6.54 Å². The molecule has 0 radical (unpaired) electrons. The van der Waals surface area contributed by atoms with Gasteiger partial charge in [-0.2, -0.15) is 0 Å². The van der Waals surface area contributed by atoms with E-state index in [1.807, 2.05) is 26.8 Å². The van der Waals surface area contributed by atoms with E-state index >= 15 is 0 Å². The molecule has 1 fully saturated rings. The van der Waals surface area contributed by atoms with E-state index < -0.39 is 102 Å². The van der Waals surface area contributed by atoms with Crippen LogP contribution in [0, 0.1) is 17.8 Å². The Labute approximate surface area is 345 Å². The van der Waals surface area contributed by atoms with Gasteiger partial charge in [0.25, 0.3) is 0 Å². The number of likely N-dealkylation sites (tertiary alicyclic amines) is 1. The van der Waals surface area contributed by atoms with Crippen LogP contribution in [0.15, 0.2) is 42.9 Å². The van der Waals surface area contributed by atoms with Crippen molar-refractivity contribution in [2.24, 2.45) is 23.5 Å². The van der Waals surface area contributed by atoms with Gasteiger partial charge in [0.15, 0.2) is 0 Å². The van der Waals surface area contributed by atoms with Crippen LogP contribution in [0.2, 0.25) is 0 Å². The highest BCUT2D eigenvalue weighted by Crippen LogP contribution is 2.22. The molecule has 0 spiro atoms. The highest BCUT2D eigenvalue weighted by atomic mass is 16.4. The summed E-state index contributed by atoms with van der Waals surface area (Å²) >= 11 is 0. The second-order valence-corrected chi connectivity index (χ2v) is 16.0. The van der Waals surface area contributed by atoms with Crippen molar-refractivity contribution in [2.45, 2.75) is 129 Å². The quantitative estimate of drug-likeness (QED) is 0.0709. The molecule has 6 amide bonds. The van der Waals surface area contributed by atoms with Crippen molar-refractivity contribution in [3.8, 4) is 0 Å². The van der Waals surface area contributed by atoms with Crippen LogP contribution >= 0.6 is 0 Å². The zero-order valence-corrected chi connectivity index (χ0v) is 34.7. The van der Waals surface area contributed by atoms with Crippen LogP contribution in [0.25, 0.3) is 0 Å². The average molecular weight is 824 g/mol. The van der Waals surface area contributed by atoms with Crippen molar-refractivity contribution < 1.29 is 43.5 Å². The molecule has 8 atom stereocenters. The number of H-pyrrole nitrogens is 1. The lowest BCUT2D eigenvalue weighted by Crippen LogP contribution is -2.61. The minimum atomic E-state index is -1.52. The van der Waals surface area contributed by atoms with E-state index in [0.29, 0.717) is 31.2 Å². The van der Waals surface area contributed by atoms with E-state index in [9.17, 15) is 43.5 Å². The third-order valence-corrected chi connectivity index (χ3v) is 10.3. The molecule has 1 aliphatic rings. The van der Waals surface area contributed by atoms with Crippen molar-refractivity contribution in [1.29, 1.82) is 0 Å². The number of carboxylic acids is 1. The number of aliphatic carboxylic acids is 1. The Hall–Kier alpha value is -5.65. The van der Waals surface area contributed by atoms with Crippen molar-refractivity contribution in [1.82, 2.24) is 41.5 Å². The maximum atomic E-state index is 14.2. The number of hydrogen-bond donors (Lipinski definition) is 8. The minimum absolute atomic E-state index is 0.0506. The summed E-state index contributed by atoms with van der Waals surface area (Å²) in [4.78, 5) is 114. The Balaban J connectivity index is 1.79. The highest BCUT2D eigenvalue weighted by molar-refractivity contribution is 5.98. The lowest BCUT2D eigenvalue weighted by Gasteiger charge is -2.33. The lowest BCUT2D eigenvalue weighted by atomic mass is 9.95. The number of nitrogens with zero attached hydrogens (tertiary/aromatic N) is 2. The summed E-state index contributed by atoms with van der Waals surface area (Å²) in [5.74, 6) is -6.23. The number of nitrogens with one attached hydrogen (secondary N) is 6. The molecule has 1 aromatic heterocycles. The molecule has 1 aliphatic heterocycles. The molecule has 3 rings (SSSR count). The Kier molecular flexibility index (Phi) is 18.7. The molecule has 0 aliphatic carbocycles. The third-order valence-electron chi connectivity index (χ3n) is 10.3. The van der Waals surface area contributed by atoms with Gasteiger partial charge in [-0.1, -0.05) is 78.3 Å². The molecule has 1 saturated heterocycles. The fourth-order valence-electron chi connectivity index (χ4n) is 6.85. The van der Waals surface area contributed by atoms with Crippen LogP contribution in [-0.4, -0.2) is 117 Å². The standard InChI is InChI=1S/C41H61N9O9/c1-7-25(6)35(49-38(56)30(17-26-12-9-8-10-13-26)46-36(54)29(42)18-27-20-43-22-44-27)40(58)48-34(24(4)5)41(59)50-15-11-14-32(50)39(57)47-31(19-33(52)53)37(55)45-28(21-51)16-23(2)3/h8-10,12-13,20-25,28-32,34-35H,7,11,14-19,42H2,1-6H3,(H,43,44)(H,45,55)(H,46,54)(H,47,57)(H,48,58)(H,49,56)(H,52,53)/t25-,28-,29-,30-,31-,32-,34-,35-/m0/s1. The molecule has 18 nitrogen and oxygen atoms in total.